The predicted octanol–water partition coefficient (Wildman–Crippen LogP) is 3.09. The Kier molecular flexibility index (Phi) is 5.44. The van der Waals surface area contributed by atoms with Crippen LogP contribution in [0.3, 0.4) is 0 Å². The Balaban J connectivity index is 2.06. The molecule has 15 heavy (non-hydrogen) atoms. The second-order valence-corrected chi connectivity index (χ2v) is 5.05. The highest BCUT2D eigenvalue weighted by molar-refractivity contribution is 6.17. The second kappa shape index (κ2) is 6.37. The van der Waals surface area contributed by atoms with Gasteiger partial charge in [-0.15, -0.1) is 11.6 Å². The lowest BCUT2D eigenvalue weighted by atomic mass is 10.0. The Morgan fingerprint density at radius 3 is 2.67 bits per heavy atom. The van der Waals surface area contributed by atoms with Crippen LogP contribution in [0.15, 0.2) is 0 Å². The minimum atomic E-state index is 0.197. The van der Waals surface area contributed by atoms with Crippen molar-refractivity contribution in [2.75, 3.05) is 12.4 Å². The largest absolute Gasteiger partial charge is 0.356 e. The van der Waals surface area contributed by atoms with Crippen molar-refractivity contribution in [2.45, 2.75) is 51.9 Å². The first kappa shape index (κ1) is 12.8. The van der Waals surface area contributed by atoms with Crippen LogP contribution in [0.25, 0.3) is 0 Å². The Morgan fingerprint density at radius 1 is 1.40 bits per heavy atom. The summed E-state index contributed by atoms with van der Waals surface area (Å²) < 4.78 is 0. The summed E-state index contributed by atoms with van der Waals surface area (Å²) in [7, 11) is 0. The lowest BCUT2D eigenvalue weighted by Crippen LogP contribution is -2.29. The van der Waals surface area contributed by atoms with Gasteiger partial charge in [0.05, 0.1) is 0 Å². The molecule has 0 unspecified atom stereocenters. The van der Waals surface area contributed by atoms with Crippen LogP contribution in [0.1, 0.15) is 51.9 Å². The van der Waals surface area contributed by atoms with Gasteiger partial charge in [0.2, 0.25) is 5.91 Å². The number of carbonyl (C=O) groups excluding carboxylic acids is 1. The molecule has 1 rings (SSSR count). The van der Waals surface area contributed by atoms with E-state index in [0.717, 1.165) is 19.4 Å². The van der Waals surface area contributed by atoms with Gasteiger partial charge in [0, 0.05) is 18.8 Å². The molecule has 3 heteroatoms. The number of amides is 1. The molecule has 0 spiro atoms. The maximum Gasteiger partial charge on any atom is 0.220 e. The number of halogens is 1. The monoisotopic (exact) mass is 231 g/mol. The minimum absolute atomic E-state index is 0.197. The van der Waals surface area contributed by atoms with Gasteiger partial charge in [0.25, 0.3) is 0 Å². The van der Waals surface area contributed by atoms with Gasteiger partial charge in [-0.25, -0.2) is 0 Å². The van der Waals surface area contributed by atoms with Crippen LogP contribution >= 0.6 is 11.6 Å². The molecule has 1 aliphatic rings. The summed E-state index contributed by atoms with van der Waals surface area (Å²) in [6, 6.07) is 0. The number of nitrogens with one attached hydrogen (secondary N) is 1. The van der Waals surface area contributed by atoms with Crippen molar-refractivity contribution < 1.29 is 4.79 Å². The lowest BCUT2D eigenvalue weighted by molar-refractivity contribution is -0.121. The van der Waals surface area contributed by atoms with E-state index in [4.69, 9.17) is 11.6 Å². The maximum absolute atomic E-state index is 11.4. The fraction of sp³-hybridized carbons (Fsp3) is 0.917. The van der Waals surface area contributed by atoms with Gasteiger partial charge in [-0.3, -0.25) is 4.79 Å². The molecule has 0 aromatic heterocycles. The molecular weight excluding hydrogens is 210 g/mol. The van der Waals surface area contributed by atoms with Crippen LogP contribution in [0.2, 0.25) is 0 Å². The molecule has 0 aliphatic heterocycles. The smallest absolute Gasteiger partial charge is 0.220 e. The van der Waals surface area contributed by atoms with Gasteiger partial charge >= 0.3 is 0 Å². The zero-order chi connectivity index (χ0) is 11.1. The predicted molar refractivity (Wildman–Crippen MR) is 64.2 cm³/mol. The number of carbonyl (C=O) groups is 1. The Hall–Kier alpha value is -0.240. The summed E-state index contributed by atoms with van der Waals surface area (Å²) in [6.07, 6.45) is 7.56. The van der Waals surface area contributed by atoms with Crippen LogP contribution in [0.4, 0.5) is 0 Å². The molecule has 0 heterocycles. The molecule has 1 aliphatic carbocycles. The summed E-state index contributed by atoms with van der Waals surface area (Å²) >= 11 is 5.55. The standard InChI is InChI=1S/C12H22ClNO/c1-2-6-12(7-8-12)10-14-11(15)5-3-4-9-13/h2-10H2,1H3,(H,14,15). The number of hydrogen-bond acceptors (Lipinski definition) is 1. The van der Waals surface area contributed by atoms with E-state index in [0.29, 0.717) is 17.7 Å². The van der Waals surface area contributed by atoms with Crippen molar-refractivity contribution in [2.24, 2.45) is 5.41 Å². The number of hydrogen-bond donors (Lipinski definition) is 1. The molecule has 0 atom stereocenters. The third-order valence-electron chi connectivity index (χ3n) is 3.19. The molecule has 0 aromatic carbocycles. The first-order chi connectivity index (χ1) is 7.22. The summed E-state index contributed by atoms with van der Waals surface area (Å²) in [4.78, 5) is 11.4. The molecule has 1 saturated carbocycles. The van der Waals surface area contributed by atoms with E-state index in [2.05, 4.69) is 12.2 Å². The quantitative estimate of drug-likeness (QED) is 0.505. The zero-order valence-electron chi connectivity index (χ0n) is 9.65. The lowest BCUT2D eigenvalue weighted by Gasteiger charge is -2.14. The first-order valence-corrected chi connectivity index (χ1v) is 6.58. The fourth-order valence-electron chi connectivity index (χ4n) is 1.98. The Labute approximate surface area is 97.8 Å². The number of rotatable bonds is 8. The van der Waals surface area contributed by atoms with E-state index in [1.54, 1.807) is 0 Å². The molecule has 0 aromatic rings. The minimum Gasteiger partial charge on any atom is -0.356 e. The van der Waals surface area contributed by atoms with Gasteiger partial charge in [-0.1, -0.05) is 13.3 Å². The Bertz CT molecular complexity index is 202. The summed E-state index contributed by atoms with van der Waals surface area (Å²) in [5.74, 6) is 0.857. The Morgan fingerprint density at radius 2 is 2.13 bits per heavy atom. The van der Waals surface area contributed by atoms with Crippen molar-refractivity contribution in [1.82, 2.24) is 5.32 Å². The first-order valence-electron chi connectivity index (χ1n) is 6.05. The molecule has 88 valence electrons. The normalized spacial score (nSPS) is 17.5. The molecule has 1 N–H and O–H groups in total. The van der Waals surface area contributed by atoms with Gasteiger partial charge in [-0.2, -0.15) is 0 Å². The summed E-state index contributed by atoms with van der Waals surface area (Å²) in [6.45, 7) is 3.10. The van der Waals surface area contributed by atoms with E-state index < -0.39 is 0 Å². The topological polar surface area (TPSA) is 29.1 Å². The number of unbranched alkanes of at least 4 members (excludes halogenated alkanes) is 1. The third-order valence-corrected chi connectivity index (χ3v) is 3.45. The highest BCUT2D eigenvalue weighted by Gasteiger charge is 2.41. The van der Waals surface area contributed by atoms with Gasteiger partial charge < -0.3 is 5.32 Å². The van der Waals surface area contributed by atoms with Crippen molar-refractivity contribution in [3.63, 3.8) is 0 Å². The molecule has 0 saturated heterocycles. The van der Waals surface area contributed by atoms with E-state index in [1.807, 2.05) is 0 Å². The molecule has 1 fully saturated rings. The molecule has 0 radical (unpaired) electrons. The zero-order valence-corrected chi connectivity index (χ0v) is 10.4. The third kappa shape index (κ3) is 4.87. The van der Waals surface area contributed by atoms with Crippen molar-refractivity contribution in [3.05, 3.63) is 0 Å². The van der Waals surface area contributed by atoms with Crippen LogP contribution in [-0.4, -0.2) is 18.3 Å². The number of alkyl halides is 1. The van der Waals surface area contributed by atoms with Gasteiger partial charge in [0.15, 0.2) is 0 Å². The van der Waals surface area contributed by atoms with E-state index in [-0.39, 0.29) is 5.91 Å². The van der Waals surface area contributed by atoms with Crippen LogP contribution in [0, 0.1) is 5.41 Å². The van der Waals surface area contributed by atoms with E-state index >= 15 is 0 Å². The van der Waals surface area contributed by atoms with Gasteiger partial charge in [0.1, 0.15) is 0 Å². The van der Waals surface area contributed by atoms with Crippen LogP contribution in [0.5, 0.6) is 0 Å². The molecule has 2 nitrogen and oxygen atoms in total. The highest BCUT2D eigenvalue weighted by Crippen LogP contribution is 2.48. The molecular formula is C12H22ClNO. The van der Waals surface area contributed by atoms with E-state index in [9.17, 15) is 4.79 Å². The van der Waals surface area contributed by atoms with Crippen molar-refractivity contribution in [3.8, 4) is 0 Å². The van der Waals surface area contributed by atoms with E-state index in [1.165, 1.54) is 25.7 Å². The average molecular weight is 232 g/mol. The molecule has 1 amide bonds. The summed E-state index contributed by atoms with van der Waals surface area (Å²) in [5, 5.41) is 3.05. The van der Waals surface area contributed by atoms with Crippen molar-refractivity contribution in [1.29, 1.82) is 0 Å². The SMILES string of the molecule is CCCC1(CNC(=O)CCCCCl)CC1. The highest BCUT2D eigenvalue weighted by atomic mass is 35.5. The molecule has 0 bridgehead atoms. The second-order valence-electron chi connectivity index (χ2n) is 4.67. The summed E-state index contributed by atoms with van der Waals surface area (Å²) in [5.41, 5.74) is 0.469. The van der Waals surface area contributed by atoms with Crippen molar-refractivity contribution >= 4 is 17.5 Å². The fourth-order valence-corrected chi connectivity index (χ4v) is 2.17. The van der Waals surface area contributed by atoms with Crippen LogP contribution in [-0.2, 0) is 4.79 Å². The van der Waals surface area contributed by atoms with Gasteiger partial charge in [-0.05, 0) is 37.5 Å². The maximum atomic E-state index is 11.4. The average Bonchev–Trinajstić information content (AvgIpc) is 2.97. The van der Waals surface area contributed by atoms with Crippen LogP contribution < -0.4 is 5.32 Å².